The van der Waals surface area contributed by atoms with E-state index in [9.17, 15) is 0 Å². The maximum atomic E-state index is 2.44. The molecule has 0 amide bonds. The van der Waals surface area contributed by atoms with Crippen LogP contribution in [0.25, 0.3) is 87.2 Å². The van der Waals surface area contributed by atoms with Crippen LogP contribution in [0.15, 0.2) is 164 Å². The topological polar surface area (TPSA) is 0 Å². The van der Waals surface area contributed by atoms with Crippen molar-refractivity contribution >= 4 is 53.9 Å². The van der Waals surface area contributed by atoms with Crippen LogP contribution in [0.4, 0.5) is 0 Å². The Balaban J connectivity index is 1.38. The zero-order chi connectivity index (χ0) is 31.5. The van der Waals surface area contributed by atoms with Gasteiger partial charge in [0.2, 0.25) is 0 Å². The molecule has 0 nitrogen and oxygen atoms in total. The van der Waals surface area contributed by atoms with Crippen molar-refractivity contribution in [2.75, 3.05) is 0 Å². The van der Waals surface area contributed by atoms with E-state index in [0.717, 1.165) is 0 Å². The van der Waals surface area contributed by atoms with Gasteiger partial charge in [-0.15, -0.1) is 0 Å². The molecule has 0 aliphatic rings. The largest absolute Gasteiger partial charge is 0.0622 e. The van der Waals surface area contributed by atoms with Gasteiger partial charge in [0.25, 0.3) is 0 Å². The van der Waals surface area contributed by atoms with Gasteiger partial charge in [0.1, 0.15) is 0 Å². The van der Waals surface area contributed by atoms with Crippen molar-refractivity contribution in [1.82, 2.24) is 0 Å². The molecular weight excluding hydrogens is 565 g/mol. The predicted octanol–water partition coefficient (Wildman–Crippen LogP) is 13.6. The highest BCUT2D eigenvalue weighted by molar-refractivity contribution is 6.23. The Hall–Kier alpha value is -5.72. The van der Waals surface area contributed by atoms with Crippen molar-refractivity contribution in [3.8, 4) is 33.4 Å². The average molecular weight is 599 g/mol. The van der Waals surface area contributed by atoms with Gasteiger partial charge in [-0.3, -0.25) is 0 Å². The average Bonchev–Trinajstić information content (AvgIpc) is 3.12. The van der Waals surface area contributed by atoms with Crippen molar-refractivity contribution in [3.05, 3.63) is 169 Å². The first-order valence-corrected chi connectivity index (χ1v) is 16.6. The summed E-state index contributed by atoms with van der Waals surface area (Å²) in [6.45, 7) is 4.65. The molecule has 0 radical (unpaired) electrons. The molecule has 0 saturated heterocycles. The van der Waals surface area contributed by atoms with E-state index >= 15 is 0 Å². The lowest BCUT2D eigenvalue weighted by Crippen LogP contribution is -1.94. The summed E-state index contributed by atoms with van der Waals surface area (Å²) < 4.78 is 0. The van der Waals surface area contributed by atoms with Gasteiger partial charge < -0.3 is 0 Å². The van der Waals surface area contributed by atoms with Gasteiger partial charge in [-0.1, -0.05) is 166 Å². The molecule has 0 heterocycles. The Morgan fingerprint density at radius 1 is 0.340 bits per heavy atom. The molecule has 0 aromatic heterocycles. The predicted molar refractivity (Wildman–Crippen MR) is 204 cm³/mol. The molecular formula is C47H34. The summed E-state index contributed by atoms with van der Waals surface area (Å²) in [5, 5.41) is 13.1. The Morgan fingerprint density at radius 3 is 1.57 bits per heavy atom. The van der Waals surface area contributed by atoms with Gasteiger partial charge in [0.05, 0.1) is 0 Å². The quantitative estimate of drug-likeness (QED) is 0.140. The maximum absolute atomic E-state index is 2.44. The second kappa shape index (κ2) is 11.0. The molecule has 0 saturated carbocycles. The fraction of sp³-hybridized carbons (Fsp3) is 0.0638. The standard InChI is InChI=1S/C47H34/c1-30(2)44-37-19-10-9-18-33(37)28-35-25-26-38-36(22-13-23-39(38)47(35)44)34-24-27-42-43(29-34)46(32-16-7-4-8-17-32)41-21-12-11-20-40(41)45(42)31-14-5-3-6-15-31/h3-30H,1-2H3. The summed E-state index contributed by atoms with van der Waals surface area (Å²) >= 11 is 0. The van der Waals surface area contributed by atoms with Crippen LogP contribution in [-0.2, 0) is 0 Å². The molecule has 222 valence electrons. The molecule has 0 fully saturated rings. The van der Waals surface area contributed by atoms with Crippen LogP contribution < -0.4 is 0 Å². The molecule has 9 aromatic carbocycles. The van der Waals surface area contributed by atoms with E-state index in [1.54, 1.807) is 0 Å². The second-order valence-electron chi connectivity index (χ2n) is 13.0. The minimum atomic E-state index is 0.400. The molecule has 47 heavy (non-hydrogen) atoms. The third-order valence-electron chi connectivity index (χ3n) is 9.96. The van der Waals surface area contributed by atoms with Crippen LogP contribution in [0.2, 0.25) is 0 Å². The van der Waals surface area contributed by atoms with Gasteiger partial charge in [-0.2, -0.15) is 0 Å². The Bertz CT molecular complexity index is 2630. The fourth-order valence-electron chi connectivity index (χ4n) is 7.99. The summed E-state index contributed by atoms with van der Waals surface area (Å²) in [4.78, 5) is 0. The molecule has 9 aromatic rings. The van der Waals surface area contributed by atoms with Crippen molar-refractivity contribution in [1.29, 1.82) is 0 Å². The summed E-state index contributed by atoms with van der Waals surface area (Å²) in [7, 11) is 0. The van der Waals surface area contributed by atoms with E-state index in [4.69, 9.17) is 0 Å². The van der Waals surface area contributed by atoms with Crippen molar-refractivity contribution < 1.29 is 0 Å². The number of hydrogen-bond donors (Lipinski definition) is 0. The number of fused-ring (bicyclic) bond motifs is 6. The molecule has 0 unspecified atom stereocenters. The number of hydrogen-bond acceptors (Lipinski definition) is 0. The monoisotopic (exact) mass is 598 g/mol. The molecule has 0 N–H and O–H groups in total. The van der Waals surface area contributed by atoms with Crippen LogP contribution in [0.1, 0.15) is 25.3 Å². The van der Waals surface area contributed by atoms with Crippen molar-refractivity contribution in [2.45, 2.75) is 19.8 Å². The number of rotatable bonds is 4. The lowest BCUT2D eigenvalue weighted by molar-refractivity contribution is 0.886. The summed E-state index contributed by atoms with van der Waals surface area (Å²) in [5.41, 5.74) is 9.00. The first-order valence-electron chi connectivity index (χ1n) is 16.6. The van der Waals surface area contributed by atoms with Gasteiger partial charge >= 0.3 is 0 Å². The Kier molecular flexibility index (Phi) is 6.44. The Labute approximate surface area is 275 Å². The van der Waals surface area contributed by atoms with Crippen molar-refractivity contribution in [3.63, 3.8) is 0 Å². The molecule has 0 aliphatic heterocycles. The minimum absolute atomic E-state index is 0.400. The fourth-order valence-corrected chi connectivity index (χ4v) is 7.99. The first-order chi connectivity index (χ1) is 23.2. The van der Waals surface area contributed by atoms with Gasteiger partial charge in [-0.05, 0) is 111 Å². The smallest absolute Gasteiger partial charge is 0.00262 e. The van der Waals surface area contributed by atoms with Crippen LogP contribution >= 0.6 is 0 Å². The molecule has 0 heteroatoms. The van der Waals surface area contributed by atoms with Crippen LogP contribution in [0.5, 0.6) is 0 Å². The second-order valence-corrected chi connectivity index (χ2v) is 13.0. The van der Waals surface area contributed by atoms with E-state index in [2.05, 4.69) is 178 Å². The van der Waals surface area contributed by atoms with Crippen LogP contribution in [0.3, 0.4) is 0 Å². The third-order valence-corrected chi connectivity index (χ3v) is 9.96. The van der Waals surface area contributed by atoms with Gasteiger partial charge in [-0.25, -0.2) is 0 Å². The van der Waals surface area contributed by atoms with E-state index < -0.39 is 0 Å². The van der Waals surface area contributed by atoms with Crippen molar-refractivity contribution in [2.24, 2.45) is 0 Å². The minimum Gasteiger partial charge on any atom is -0.0622 e. The molecule has 0 atom stereocenters. The highest BCUT2D eigenvalue weighted by atomic mass is 14.2. The van der Waals surface area contributed by atoms with Gasteiger partial charge in [0.15, 0.2) is 0 Å². The molecule has 0 spiro atoms. The highest BCUT2D eigenvalue weighted by Gasteiger charge is 2.19. The summed E-state index contributed by atoms with van der Waals surface area (Å²) in [6, 6.07) is 60.5. The summed E-state index contributed by atoms with van der Waals surface area (Å²) in [6.07, 6.45) is 0. The number of benzene rings is 9. The third kappa shape index (κ3) is 4.37. The lowest BCUT2D eigenvalue weighted by Gasteiger charge is -2.20. The van der Waals surface area contributed by atoms with Gasteiger partial charge in [0, 0.05) is 0 Å². The van der Waals surface area contributed by atoms with Crippen LogP contribution in [-0.4, -0.2) is 0 Å². The first kappa shape index (κ1) is 27.6. The molecule has 0 aliphatic carbocycles. The van der Waals surface area contributed by atoms with E-state index in [1.807, 2.05) is 0 Å². The zero-order valence-electron chi connectivity index (χ0n) is 26.7. The maximum Gasteiger partial charge on any atom is -0.00262 e. The molecule has 9 rings (SSSR count). The van der Waals surface area contributed by atoms with E-state index in [1.165, 1.54) is 92.8 Å². The van der Waals surface area contributed by atoms with E-state index in [-0.39, 0.29) is 0 Å². The van der Waals surface area contributed by atoms with E-state index in [0.29, 0.717) is 5.92 Å². The van der Waals surface area contributed by atoms with Crippen LogP contribution in [0, 0.1) is 0 Å². The highest BCUT2D eigenvalue weighted by Crippen LogP contribution is 2.46. The summed E-state index contributed by atoms with van der Waals surface area (Å²) in [5.74, 6) is 0.400. The zero-order valence-corrected chi connectivity index (χ0v) is 26.7. The lowest BCUT2D eigenvalue weighted by atomic mass is 9.84. The Morgan fingerprint density at radius 2 is 0.894 bits per heavy atom. The normalized spacial score (nSPS) is 11.8. The molecule has 0 bridgehead atoms. The SMILES string of the molecule is CC(C)c1c2ccccc2cc2ccc3c(-c4ccc5c(-c6ccccc6)c6ccccc6c(-c6ccccc6)c5c4)cccc3c12.